The maximum Gasteiger partial charge on any atom is 0.240 e. The number of nitrogens with one attached hydrogen (secondary N) is 1. The number of likely N-dealkylation sites (tertiary alicyclic amines) is 1. The molecule has 1 atom stereocenters. The fourth-order valence-corrected chi connectivity index (χ4v) is 3.33. The number of likely N-dealkylation sites (N-methyl/N-ethyl adjacent to an activating group) is 1. The maximum absolute atomic E-state index is 5.40. The summed E-state index contributed by atoms with van der Waals surface area (Å²) in [4.78, 5) is 6.90. The smallest absolute Gasteiger partial charge is 0.240 e. The standard InChI is InChI=1S/C16H21BrN4O.ClH/c1-18-14-6-3-7-21(10-14)11-16-19-15(20-22-16)9-12-4-2-5-13(17)8-12;/h2,4-5,8,14,18H,3,6-7,9-11H2,1H3;1H. The predicted octanol–water partition coefficient (Wildman–Crippen LogP) is 3.03. The van der Waals surface area contributed by atoms with Crippen molar-refractivity contribution in [2.24, 2.45) is 0 Å². The number of piperidine rings is 1. The number of halogens is 2. The van der Waals surface area contributed by atoms with Gasteiger partial charge in [-0.15, -0.1) is 12.4 Å². The molecule has 0 bridgehead atoms. The lowest BCUT2D eigenvalue weighted by atomic mass is 10.1. The van der Waals surface area contributed by atoms with Crippen molar-refractivity contribution in [1.29, 1.82) is 0 Å². The van der Waals surface area contributed by atoms with Crippen LogP contribution in [0, 0.1) is 0 Å². The van der Waals surface area contributed by atoms with Gasteiger partial charge in [0.25, 0.3) is 0 Å². The Balaban J connectivity index is 0.00000192. The summed E-state index contributed by atoms with van der Waals surface area (Å²) in [7, 11) is 2.02. The van der Waals surface area contributed by atoms with Crippen molar-refractivity contribution in [2.75, 3.05) is 20.1 Å². The summed E-state index contributed by atoms with van der Waals surface area (Å²) >= 11 is 3.48. The Morgan fingerprint density at radius 2 is 2.30 bits per heavy atom. The number of hydrogen-bond donors (Lipinski definition) is 1. The first-order valence-corrected chi connectivity index (χ1v) is 8.48. The molecule has 126 valence electrons. The van der Waals surface area contributed by atoms with E-state index in [0.717, 1.165) is 29.9 Å². The van der Waals surface area contributed by atoms with Crippen LogP contribution in [0.2, 0.25) is 0 Å². The molecule has 1 unspecified atom stereocenters. The fourth-order valence-electron chi connectivity index (χ4n) is 2.88. The lowest BCUT2D eigenvalue weighted by molar-refractivity contribution is 0.167. The van der Waals surface area contributed by atoms with Crippen molar-refractivity contribution < 1.29 is 4.52 Å². The molecule has 1 aromatic heterocycles. The van der Waals surface area contributed by atoms with Crippen molar-refractivity contribution in [3.05, 3.63) is 46.0 Å². The van der Waals surface area contributed by atoms with Gasteiger partial charge >= 0.3 is 0 Å². The molecule has 0 spiro atoms. The lowest BCUT2D eigenvalue weighted by Crippen LogP contribution is -2.43. The molecule has 3 rings (SSSR count). The third-order valence-corrected chi connectivity index (χ3v) is 4.53. The summed E-state index contributed by atoms with van der Waals surface area (Å²) in [5.74, 6) is 1.46. The van der Waals surface area contributed by atoms with Gasteiger partial charge in [-0.05, 0) is 44.1 Å². The number of hydrogen-bond acceptors (Lipinski definition) is 5. The molecule has 5 nitrogen and oxygen atoms in total. The van der Waals surface area contributed by atoms with Crippen LogP contribution in [0.5, 0.6) is 0 Å². The van der Waals surface area contributed by atoms with Crippen molar-refractivity contribution >= 4 is 28.3 Å². The minimum atomic E-state index is 0. The van der Waals surface area contributed by atoms with Crippen LogP contribution < -0.4 is 5.32 Å². The Hall–Kier alpha value is -0.950. The average Bonchev–Trinajstić information content (AvgIpc) is 2.94. The first-order valence-electron chi connectivity index (χ1n) is 7.68. The summed E-state index contributed by atoms with van der Waals surface area (Å²) in [6.45, 7) is 2.88. The van der Waals surface area contributed by atoms with Gasteiger partial charge < -0.3 is 9.84 Å². The minimum absolute atomic E-state index is 0. The van der Waals surface area contributed by atoms with Crippen LogP contribution >= 0.6 is 28.3 Å². The van der Waals surface area contributed by atoms with Crippen molar-refractivity contribution in [3.8, 4) is 0 Å². The van der Waals surface area contributed by atoms with Crippen molar-refractivity contribution in [1.82, 2.24) is 20.4 Å². The lowest BCUT2D eigenvalue weighted by Gasteiger charge is -2.31. The van der Waals surface area contributed by atoms with E-state index < -0.39 is 0 Å². The van der Waals surface area contributed by atoms with Gasteiger partial charge in [-0.3, -0.25) is 4.90 Å². The molecular weight excluding hydrogens is 380 g/mol. The molecule has 1 aliphatic rings. The predicted molar refractivity (Wildman–Crippen MR) is 95.9 cm³/mol. The van der Waals surface area contributed by atoms with E-state index in [2.05, 4.69) is 48.4 Å². The Morgan fingerprint density at radius 3 is 3.09 bits per heavy atom. The van der Waals surface area contributed by atoms with E-state index >= 15 is 0 Å². The minimum Gasteiger partial charge on any atom is -0.338 e. The highest BCUT2D eigenvalue weighted by Gasteiger charge is 2.20. The van der Waals surface area contributed by atoms with Crippen LogP contribution in [0.4, 0.5) is 0 Å². The Bertz CT molecular complexity index is 622. The van der Waals surface area contributed by atoms with E-state index in [1.807, 2.05) is 19.2 Å². The third-order valence-electron chi connectivity index (χ3n) is 4.03. The molecule has 1 aliphatic heterocycles. The molecule has 0 aliphatic carbocycles. The molecule has 0 amide bonds. The number of nitrogens with zero attached hydrogens (tertiary/aromatic N) is 3. The van der Waals surface area contributed by atoms with Crippen LogP contribution in [0.1, 0.15) is 30.1 Å². The van der Waals surface area contributed by atoms with Crippen LogP contribution in [-0.4, -0.2) is 41.2 Å². The van der Waals surface area contributed by atoms with Gasteiger partial charge in [0.2, 0.25) is 5.89 Å². The highest BCUT2D eigenvalue weighted by Crippen LogP contribution is 2.16. The zero-order valence-corrected chi connectivity index (χ0v) is 15.6. The quantitative estimate of drug-likeness (QED) is 0.834. The zero-order chi connectivity index (χ0) is 15.4. The molecule has 0 saturated carbocycles. The summed E-state index contributed by atoms with van der Waals surface area (Å²) in [6, 6.07) is 8.75. The molecule has 0 radical (unpaired) electrons. The van der Waals surface area contributed by atoms with Crippen molar-refractivity contribution in [3.63, 3.8) is 0 Å². The highest BCUT2D eigenvalue weighted by atomic mass is 79.9. The van der Waals surface area contributed by atoms with Gasteiger partial charge in [0.15, 0.2) is 5.82 Å². The number of benzene rings is 1. The molecule has 2 aromatic rings. The molecule has 7 heteroatoms. The first kappa shape index (κ1) is 18.4. The van der Waals surface area contributed by atoms with Crippen LogP contribution in [0.3, 0.4) is 0 Å². The summed E-state index contributed by atoms with van der Waals surface area (Å²) in [5, 5.41) is 7.45. The summed E-state index contributed by atoms with van der Waals surface area (Å²) in [5.41, 5.74) is 1.18. The SMILES string of the molecule is CNC1CCCN(Cc2nc(Cc3cccc(Br)c3)no2)C1.Cl. The molecule has 1 saturated heterocycles. The number of rotatable bonds is 5. The second-order valence-electron chi connectivity index (χ2n) is 5.77. The Kier molecular flexibility index (Phi) is 7.02. The maximum atomic E-state index is 5.40. The van der Waals surface area contributed by atoms with Gasteiger partial charge in [-0.1, -0.05) is 33.2 Å². The molecule has 23 heavy (non-hydrogen) atoms. The summed E-state index contributed by atoms with van der Waals surface area (Å²) in [6.07, 6.45) is 3.15. The van der Waals surface area contributed by atoms with E-state index in [-0.39, 0.29) is 12.4 Å². The van der Waals surface area contributed by atoms with Gasteiger partial charge in [-0.2, -0.15) is 4.98 Å². The van der Waals surface area contributed by atoms with Gasteiger partial charge in [0.05, 0.1) is 6.54 Å². The van der Waals surface area contributed by atoms with E-state index in [1.165, 1.54) is 18.4 Å². The van der Waals surface area contributed by atoms with Crippen molar-refractivity contribution in [2.45, 2.75) is 31.8 Å². The van der Waals surface area contributed by atoms with E-state index in [0.29, 0.717) is 18.4 Å². The topological polar surface area (TPSA) is 54.2 Å². The normalized spacial score (nSPS) is 18.6. The number of aromatic nitrogens is 2. The average molecular weight is 402 g/mol. The van der Waals surface area contributed by atoms with Gasteiger partial charge in [0, 0.05) is 23.5 Å². The fraction of sp³-hybridized carbons (Fsp3) is 0.500. The van der Waals surface area contributed by atoms with E-state index in [4.69, 9.17) is 4.52 Å². The zero-order valence-electron chi connectivity index (χ0n) is 13.2. The second kappa shape index (κ2) is 8.78. The van der Waals surface area contributed by atoms with Gasteiger partial charge in [0.1, 0.15) is 0 Å². The summed E-state index contributed by atoms with van der Waals surface area (Å²) < 4.78 is 6.47. The molecule has 2 heterocycles. The molecule has 1 aromatic carbocycles. The highest BCUT2D eigenvalue weighted by molar-refractivity contribution is 9.10. The Labute approximate surface area is 151 Å². The Morgan fingerprint density at radius 1 is 1.43 bits per heavy atom. The monoisotopic (exact) mass is 400 g/mol. The van der Waals surface area contributed by atoms with Crippen LogP contribution in [-0.2, 0) is 13.0 Å². The van der Waals surface area contributed by atoms with Gasteiger partial charge in [-0.25, -0.2) is 0 Å². The van der Waals surface area contributed by atoms with E-state index in [9.17, 15) is 0 Å². The largest absolute Gasteiger partial charge is 0.338 e. The van der Waals surface area contributed by atoms with Crippen LogP contribution in [0.15, 0.2) is 33.3 Å². The van der Waals surface area contributed by atoms with E-state index in [1.54, 1.807) is 0 Å². The third kappa shape index (κ3) is 5.28. The molecule has 1 N–H and O–H groups in total. The van der Waals surface area contributed by atoms with Crippen LogP contribution in [0.25, 0.3) is 0 Å². The first-order chi connectivity index (χ1) is 10.7. The molecular formula is C16H22BrClN4O. The molecule has 1 fully saturated rings. The second-order valence-corrected chi connectivity index (χ2v) is 6.69.